The normalized spacial score (nSPS) is 10.2. The highest BCUT2D eigenvalue weighted by Gasteiger charge is 2.10. The van der Waals surface area contributed by atoms with Crippen molar-refractivity contribution in [1.29, 1.82) is 0 Å². The van der Waals surface area contributed by atoms with Crippen LogP contribution in [0.5, 0.6) is 11.6 Å². The lowest BCUT2D eigenvalue weighted by Gasteiger charge is -2.10. The Balaban J connectivity index is 2.31. The van der Waals surface area contributed by atoms with E-state index in [1.54, 1.807) is 18.2 Å². The van der Waals surface area contributed by atoms with Crippen LogP contribution in [0.3, 0.4) is 0 Å². The van der Waals surface area contributed by atoms with E-state index >= 15 is 0 Å². The number of aromatic carboxylic acids is 1. The van der Waals surface area contributed by atoms with Crippen LogP contribution < -0.4 is 10.5 Å². The van der Waals surface area contributed by atoms with Gasteiger partial charge in [0.05, 0.1) is 11.3 Å². The molecular weight excluding hydrogens is 268 g/mol. The Labute approximate surface area is 114 Å². The van der Waals surface area contributed by atoms with Crippen LogP contribution in [-0.2, 0) is 0 Å². The fourth-order valence-electron chi connectivity index (χ4n) is 1.50. The molecule has 0 amide bonds. The largest absolute Gasteiger partial charge is 0.478 e. The highest BCUT2D eigenvalue weighted by atomic mass is 35.5. The number of halogens is 1. The van der Waals surface area contributed by atoms with Gasteiger partial charge in [0.2, 0.25) is 5.88 Å². The Kier molecular flexibility index (Phi) is 3.57. The first-order chi connectivity index (χ1) is 8.97. The van der Waals surface area contributed by atoms with Gasteiger partial charge in [-0.2, -0.15) is 0 Å². The highest BCUT2D eigenvalue weighted by Crippen LogP contribution is 2.29. The number of nitrogens with two attached hydrogens (primary N) is 1. The molecular formula is C13H11ClN2O3. The number of carbonyl (C=O) groups is 1. The molecule has 0 saturated heterocycles. The lowest BCUT2D eigenvalue weighted by atomic mass is 10.2. The number of ether oxygens (including phenoxy) is 1. The first-order valence-corrected chi connectivity index (χ1v) is 5.78. The molecule has 1 aromatic heterocycles. The predicted octanol–water partition coefficient (Wildman–Crippen LogP) is 3.12. The minimum absolute atomic E-state index is 0.0117. The molecule has 6 heteroatoms. The third-order valence-electron chi connectivity index (χ3n) is 2.47. The van der Waals surface area contributed by atoms with Gasteiger partial charge in [-0.25, -0.2) is 9.78 Å². The molecule has 0 aliphatic rings. The summed E-state index contributed by atoms with van der Waals surface area (Å²) in [7, 11) is 0. The minimum atomic E-state index is -1.09. The number of pyridine rings is 1. The molecule has 0 fully saturated rings. The zero-order chi connectivity index (χ0) is 14.0. The van der Waals surface area contributed by atoms with E-state index in [1.165, 1.54) is 12.3 Å². The summed E-state index contributed by atoms with van der Waals surface area (Å²) in [6.45, 7) is 1.84. The predicted molar refractivity (Wildman–Crippen MR) is 71.9 cm³/mol. The lowest BCUT2D eigenvalue weighted by molar-refractivity contribution is 0.0696. The fraction of sp³-hybridized carbons (Fsp3) is 0.0769. The Bertz CT molecular complexity index is 644. The minimum Gasteiger partial charge on any atom is -0.478 e. The standard InChI is InChI=1S/C13H11ClN2O3/c1-7-4-9(14)2-3-11(7)19-12-10(15)5-8(6-16-12)13(17)18/h2-6H,15H2,1H3,(H,17,18). The van der Waals surface area contributed by atoms with Crippen molar-refractivity contribution in [3.8, 4) is 11.6 Å². The van der Waals surface area contributed by atoms with Gasteiger partial charge in [0.25, 0.3) is 0 Å². The van der Waals surface area contributed by atoms with Crippen molar-refractivity contribution in [1.82, 2.24) is 4.98 Å². The summed E-state index contributed by atoms with van der Waals surface area (Å²) in [5, 5.41) is 9.42. The summed E-state index contributed by atoms with van der Waals surface area (Å²) in [6.07, 6.45) is 1.19. The number of anilines is 1. The molecule has 2 rings (SSSR count). The van der Waals surface area contributed by atoms with E-state index in [-0.39, 0.29) is 17.1 Å². The van der Waals surface area contributed by atoms with E-state index in [0.29, 0.717) is 10.8 Å². The molecule has 1 heterocycles. The van der Waals surface area contributed by atoms with Gasteiger partial charge in [0.15, 0.2) is 0 Å². The smallest absolute Gasteiger partial charge is 0.337 e. The highest BCUT2D eigenvalue weighted by molar-refractivity contribution is 6.30. The lowest BCUT2D eigenvalue weighted by Crippen LogP contribution is -2.02. The maximum Gasteiger partial charge on any atom is 0.337 e. The van der Waals surface area contributed by atoms with Gasteiger partial charge < -0.3 is 15.6 Å². The monoisotopic (exact) mass is 278 g/mol. The van der Waals surface area contributed by atoms with E-state index in [9.17, 15) is 4.79 Å². The number of nitrogen functional groups attached to an aromatic ring is 1. The van der Waals surface area contributed by atoms with Crippen LogP contribution >= 0.6 is 11.6 Å². The first kappa shape index (κ1) is 13.2. The number of carboxylic acid groups (broad SMARTS) is 1. The van der Waals surface area contributed by atoms with Crippen molar-refractivity contribution < 1.29 is 14.6 Å². The molecule has 0 saturated carbocycles. The van der Waals surface area contributed by atoms with Crippen LogP contribution in [0.1, 0.15) is 15.9 Å². The molecule has 1 aromatic carbocycles. The number of aryl methyl sites for hydroxylation is 1. The van der Waals surface area contributed by atoms with Gasteiger partial charge in [0, 0.05) is 11.2 Å². The number of hydrogen-bond donors (Lipinski definition) is 2. The van der Waals surface area contributed by atoms with E-state index in [0.717, 1.165) is 5.56 Å². The molecule has 3 N–H and O–H groups in total. The Morgan fingerprint density at radius 2 is 2.16 bits per heavy atom. The van der Waals surface area contributed by atoms with Crippen LogP contribution in [0.4, 0.5) is 5.69 Å². The van der Waals surface area contributed by atoms with Crippen LogP contribution in [0.2, 0.25) is 5.02 Å². The molecule has 98 valence electrons. The average Bonchev–Trinajstić information content (AvgIpc) is 2.34. The number of carboxylic acids is 1. The summed E-state index contributed by atoms with van der Waals surface area (Å²) < 4.78 is 5.54. The van der Waals surface area contributed by atoms with E-state index in [2.05, 4.69) is 4.98 Å². The van der Waals surface area contributed by atoms with E-state index in [1.807, 2.05) is 6.92 Å². The zero-order valence-electron chi connectivity index (χ0n) is 10.1. The van der Waals surface area contributed by atoms with Gasteiger partial charge in [0.1, 0.15) is 5.75 Å². The summed E-state index contributed by atoms with van der Waals surface area (Å²) in [4.78, 5) is 14.7. The van der Waals surface area contributed by atoms with E-state index < -0.39 is 5.97 Å². The molecule has 0 aliphatic carbocycles. The Morgan fingerprint density at radius 1 is 1.42 bits per heavy atom. The molecule has 0 bridgehead atoms. The Morgan fingerprint density at radius 3 is 2.74 bits per heavy atom. The van der Waals surface area contributed by atoms with Gasteiger partial charge in [-0.05, 0) is 36.8 Å². The van der Waals surface area contributed by atoms with E-state index in [4.69, 9.17) is 27.2 Å². The second kappa shape index (κ2) is 5.16. The summed E-state index contributed by atoms with van der Waals surface area (Å²) in [6, 6.07) is 6.43. The number of aromatic nitrogens is 1. The van der Waals surface area contributed by atoms with Crippen LogP contribution in [0, 0.1) is 6.92 Å². The number of rotatable bonds is 3. The van der Waals surface area contributed by atoms with Crippen molar-refractivity contribution in [3.63, 3.8) is 0 Å². The van der Waals surface area contributed by atoms with Gasteiger partial charge in [-0.1, -0.05) is 11.6 Å². The van der Waals surface area contributed by atoms with Crippen molar-refractivity contribution in [2.24, 2.45) is 0 Å². The quantitative estimate of drug-likeness (QED) is 0.901. The maximum atomic E-state index is 10.8. The second-order valence-electron chi connectivity index (χ2n) is 3.94. The molecule has 5 nitrogen and oxygen atoms in total. The van der Waals surface area contributed by atoms with Crippen LogP contribution in [0.15, 0.2) is 30.5 Å². The van der Waals surface area contributed by atoms with Gasteiger partial charge in [-0.15, -0.1) is 0 Å². The fourth-order valence-corrected chi connectivity index (χ4v) is 1.73. The summed E-state index contributed by atoms with van der Waals surface area (Å²) in [5.41, 5.74) is 6.71. The molecule has 0 unspecified atom stereocenters. The molecule has 0 aliphatic heterocycles. The maximum absolute atomic E-state index is 10.8. The van der Waals surface area contributed by atoms with Gasteiger partial charge >= 0.3 is 5.97 Å². The third kappa shape index (κ3) is 2.95. The number of nitrogens with zero attached hydrogens (tertiary/aromatic N) is 1. The topological polar surface area (TPSA) is 85.4 Å². The van der Waals surface area contributed by atoms with Gasteiger partial charge in [-0.3, -0.25) is 0 Å². The van der Waals surface area contributed by atoms with Crippen molar-refractivity contribution in [2.45, 2.75) is 6.92 Å². The zero-order valence-corrected chi connectivity index (χ0v) is 10.8. The molecule has 0 radical (unpaired) electrons. The van der Waals surface area contributed by atoms with Crippen molar-refractivity contribution >= 4 is 23.3 Å². The summed E-state index contributed by atoms with van der Waals surface area (Å²) >= 11 is 5.85. The van der Waals surface area contributed by atoms with Crippen molar-refractivity contribution in [2.75, 3.05) is 5.73 Å². The van der Waals surface area contributed by atoms with Crippen LogP contribution in [-0.4, -0.2) is 16.1 Å². The Hall–Kier alpha value is -2.27. The number of hydrogen-bond acceptors (Lipinski definition) is 4. The molecule has 2 aromatic rings. The SMILES string of the molecule is Cc1cc(Cl)ccc1Oc1ncc(C(=O)O)cc1N. The first-order valence-electron chi connectivity index (χ1n) is 5.40. The number of benzene rings is 1. The third-order valence-corrected chi connectivity index (χ3v) is 2.70. The molecule has 0 spiro atoms. The molecule has 19 heavy (non-hydrogen) atoms. The second-order valence-corrected chi connectivity index (χ2v) is 4.37. The average molecular weight is 279 g/mol. The van der Waals surface area contributed by atoms with Crippen molar-refractivity contribution in [3.05, 3.63) is 46.6 Å². The van der Waals surface area contributed by atoms with Crippen LogP contribution in [0.25, 0.3) is 0 Å². The molecule has 0 atom stereocenters. The summed E-state index contributed by atoms with van der Waals surface area (Å²) in [5.74, 6) is -0.365.